The first-order chi connectivity index (χ1) is 8.45. The first-order valence-electron chi connectivity index (χ1n) is 5.94. The topological polar surface area (TPSA) is 48.2 Å². The van der Waals surface area contributed by atoms with Gasteiger partial charge in [-0.1, -0.05) is 18.2 Å². The van der Waals surface area contributed by atoms with Crippen molar-refractivity contribution >= 4 is 11.5 Å². The number of amidine groups is 1. The van der Waals surface area contributed by atoms with Gasteiger partial charge in [0.2, 0.25) is 0 Å². The lowest BCUT2D eigenvalue weighted by Gasteiger charge is -2.22. The third-order valence-corrected chi connectivity index (χ3v) is 2.87. The molecule has 1 heterocycles. The van der Waals surface area contributed by atoms with Crippen molar-refractivity contribution in [2.45, 2.75) is 32.6 Å². The second-order valence-electron chi connectivity index (χ2n) is 4.29. The Hall–Kier alpha value is -1.46. The molecule has 1 rings (SSSR count). The molecule has 0 aromatic rings. The predicted molar refractivity (Wildman–Crippen MR) is 67.8 cm³/mol. The van der Waals surface area contributed by atoms with Crippen LogP contribution >= 0.6 is 0 Å². The summed E-state index contributed by atoms with van der Waals surface area (Å²) >= 11 is 0. The highest BCUT2D eigenvalue weighted by atomic mass is 19.3. The molecule has 6 heteroatoms. The van der Waals surface area contributed by atoms with Crippen LogP contribution in [-0.2, 0) is 0 Å². The number of hydrogen-bond donors (Lipinski definition) is 1. The minimum Gasteiger partial charge on any atom is -0.411 e. The first-order valence-corrected chi connectivity index (χ1v) is 5.94. The lowest BCUT2D eigenvalue weighted by molar-refractivity contribution is 0.0176. The van der Waals surface area contributed by atoms with E-state index in [2.05, 4.69) is 10.1 Å². The molecular weight excluding hydrogens is 240 g/mol. The third kappa shape index (κ3) is 3.27. The monoisotopic (exact) mass is 259 g/mol. The molecule has 0 aliphatic carbocycles. The zero-order chi connectivity index (χ0) is 13.8. The molecular formula is C12H19F2N3O. The Bertz CT molecular complexity index is 389. The van der Waals surface area contributed by atoms with E-state index >= 15 is 0 Å². The van der Waals surface area contributed by atoms with Crippen LogP contribution in [0.1, 0.15) is 26.7 Å². The maximum atomic E-state index is 13.2. The average molecular weight is 259 g/mol. The standard InChI is InChI=1S/C12H19F2N3O/c1-4-5-10(9(2)16-18)11(15-3)17-7-6-12(13,14)8-17/h5,18H,4,6-8H2,1-3H3/b10-5-,15-11?,16-9+. The van der Waals surface area contributed by atoms with E-state index in [0.29, 0.717) is 23.5 Å². The number of halogens is 2. The number of nitrogens with zero attached hydrogens (tertiary/aromatic N) is 3. The summed E-state index contributed by atoms with van der Waals surface area (Å²) in [5, 5.41) is 12.0. The van der Waals surface area contributed by atoms with Gasteiger partial charge in [0, 0.05) is 25.6 Å². The SMILES string of the molecule is CC/C=C(C(=NC)N1CCC(F)(F)C1)/C(C)=N/O. The van der Waals surface area contributed by atoms with Crippen LogP contribution in [0, 0.1) is 0 Å². The maximum Gasteiger partial charge on any atom is 0.266 e. The second kappa shape index (κ2) is 5.93. The molecule has 0 aromatic carbocycles. The Morgan fingerprint density at radius 3 is 2.56 bits per heavy atom. The highest BCUT2D eigenvalue weighted by Gasteiger charge is 2.40. The molecule has 102 valence electrons. The summed E-state index contributed by atoms with van der Waals surface area (Å²) < 4.78 is 26.5. The van der Waals surface area contributed by atoms with E-state index in [-0.39, 0.29) is 19.5 Å². The van der Waals surface area contributed by atoms with E-state index in [1.54, 1.807) is 14.0 Å². The number of rotatable bonds is 3. The van der Waals surface area contributed by atoms with Gasteiger partial charge in [-0.05, 0) is 13.3 Å². The molecule has 1 N–H and O–H groups in total. The van der Waals surface area contributed by atoms with Crippen molar-refractivity contribution in [3.63, 3.8) is 0 Å². The predicted octanol–water partition coefficient (Wildman–Crippen LogP) is 2.54. The van der Waals surface area contributed by atoms with Crippen molar-refractivity contribution in [1.82, 2.24) is 4.90 Å². The van der Waals surface area contributed by atoms with Gasteiger partial charge in [-0.2, -0.15) is 0 Å². The molecule has 0 saturated carbocycles. The van der Waals surface area contributed by atoms with Crippen LogP contribution in [-0.4, -0.2) is 47.7 Å². The zero-order valence-corrected chi connectivity index (χ0v) is 11.0. The Balaban J connectivity index is 2.99. The number of aliphatic imine (C=N–C) groups is 1. The Morgan fingerprint density at radius 1 is 1.50 bits per heavy atom. The molecule has 0 radical (unpaired) electrons. The number of oxime groups is 1. The van der Waals surface area contributed by atoms with Gasteiger partial charge in [0.05, 0.1) is 12.3 Å². The molecule has 0 atom stereocenters. The molecule has 1 fully saturated rings. The molecule has 4 nitrogen and oxygen atoms in total. The third-order valence-electron chi connectivity index (χ3n) is 2.87. The summed E-state index contributed by atoms with van der Waals surface area (Å²) in [4.78, 5) is 5.61. The van der Waals surface area contributed by atoms with Crippen molar-refractivity contribution in [3.05, 3.63) is 11.6 Å². The number of alkyl halides is 2. The van der Waals surface area contributed by atoms with E-state index < -0.39 is 5.92 Å². The minimum atomic E-state index is -2.67. The van der Waals surface area contributed by atoms with E-state index in [0.717, 1.165) is 0 Å². The Labute approximate surface area is 106 Å². The van der Waals surface area contributed by atoms with Gasteiger partial charge in [-0.25, -0.2) is 8.78 Å². The summed E-state index contributed by atoms with van der Waals surface area (Å²) in [5.74, 6) is -2.21. The molecule has 0 bridgehead atoms. The first kappa shape index (κ1) is 14.6. The minimum absolute atomic E-state index is 0.166. The fourth-order valence-corrected chi connectivity index (χ4v) is 2.01. The maximum absolute atomic E-state index is 13.2. The van der Waals surface area contributed by atoms with Crippen molar-refractivity contribution < 1.29 is 14.0 Å². The molecule has 0 aromatic heterocycles. The highest BCUT2D eigenvalue weighted by Crippen LogP contribution is 2.28. The summed E-state index contributed by atoms with van der Waals surface area (Å²) in [6.07, 6.45) is 2.38. The molecule has 0 amide bonds. The van der Waals surface area contributed by atoms with Gasteiger partial charge < -0.3 is 10.1 Å². The van der Waals surface area contributed by atoms with E-state index in [9.17, 15) is 8.78 Å². The fourth-order valence-electron chi connectivity index (χ4n) is 2.01. The largest absolute Gasteiger partial charge is 0.411 e. The summed E-state index contributed by atoms with van der Waals surface area (Å²) in [7, 11) is 1.56. The summed E-state index contributed by atoms with van der Waals surface area (Å²) in [5.41, 5.74) is 0.993. The van der Waals surface area contributed by atoms with Gasteiger partial charge in [0.15, 0.2) is 0 Å². The fraction of sp³-hybridized carbons (Fsp3) is 0.667. The molecule has 1 aliphatic heterocycles. The van der Waals surface area contributed by atoms with Gasteiger partial charge >= 0.3 is 0 Å². The van der Waals surface area contributed by atoms with Crippen molar-refractivity contribution in [3.8, 4) is 0 Å². The van der Waals surface area contributed by atoms with Gasteiger partial charge in [-0.3, -0.25) is 4.99 Å². The zero-order valence-electron chi connectivity index (χ0n) is 11.0. The molecule has 18 heavy (non-hydrogen) atoms. The van der Waals surface area contributed by atoms with E-state index in [1.807, 2.05) is 13.0 Å². The second-order valence-corrected chi connectivity index (χ2v) is 4.29. The molecule has 0 spiro atoms. The van der Waals surface area contributed by atoms with Gasteiger partial charge in [0.1, 0.15) is 5.84 Å². The van der Waals surface area contributed by atoms with E-state index in [4.69, 9.17) is 5.21 Å². The number of allylic oxidation sites excluding steroid dienone is 1. The average Bonchev–Trinajstić information content (AvgIpc) is 2.68. The van der Waals surface area contributed by atoms with Crippen LogP contribution in [0.15, 0.2) is 21.8 Å². The number of likely N-dealkylation sites (tertiary alicyclic amines) is 1. The van der Waals surface area contributed by atoms with Crippen molar-refractivity contribution in [2.24, 2.45) is 10.1 Å². The Morgan fingerprint density at radius 2 is 2.17 bits per heavy atom. The van der Waals surface area contributed by atoms with Crippen LogP contribution in [0.4, 0.5) is 8.78 Å². The smallest absolute Gasteiger partial charge is 0.266 e. The quantitative estimate of drug-likeness (QED) is 0.366. The van der Waals surface area contributed by atoms with Gasteiger partial charge in [0.25, 0.3) is 5.92 Å². The van der Waals surface area contributed by atoms with Crippen LogP contribution < -0.4 is 0 Å². The normalized spacial score (nSPS) is 21.6. The Kier molecular flexibility index (Phi) is 4.81. The van der Waals surface area contributed by atoms with Gasteiger partial charge in [-0.15, -0.1) is 0 Å². The van der Waals surface area contributed by atoms with Crippen LogP contribution in [0.2, 0.25) is 0 Å². The van der Waals surface area contributed by atoms with Crippen molar-refractivity contribution in [1.29, 1.82) is 0 Å². The van der Waals surface area contributed by atoms with Crippen LogP contribution in [0.3, 0.4) is 0 Å². The lowest BCUT2D eigenvalue weighted by atomic mass is 10.1. The summed E-state index contributed by atoms with van der Waals surface area (Å²) in [6.45, 7) is 3.48. The molecule has 0 unspecified atom stereocenters. The molecule has 1 aliphatic rings. The molecule has 1 saturated heterocycles. The van der Waals surface area contributed by atoms with Crippen molar-refractivity contribution in [2.75, 3.05) is 20.1 Å². The summed E-state index contributed by atoms with van der Waals surface area (Å²) in [6, 6.07) is 0. The van der Waals surface area contributed by atoms with Crippen LogP contribution in [0.5, 0.6) is 0 Å². The lowest BCUT2D eigenvalue weighted by Crippen LogP contribution is -2.34. The number of hydrogen-bond acceptors (Lipinski definition) is 3. The van der Waals surface area contributed by atoms with Crippen LogP contribution in [0.25, 0.3) is 0 Å². The van der Waals surface area contributed by atoms with E-state index in [1.165, 1.54) is 4.90 Å². The highest BCUT2D eigenvalue weighted by molar-refractivity contribution is 6.22.